The number of nitrogens with zero attached hydrogens (tertiary/aromatic N) is 3. The molecular weight excluding hydrogens is 350 g/mol. The molecule has 1 unspecified atom stereocenters. The van der Waals surface area contributed by atoms with Crippen molar-refractivity contribution in [1.29, 1.82) is 0 Å². The fraction of sp³-hybridized carbons (Fsp3) is 0.913. The molecule has 2 saturated heterocycles. The first kappa shape index (κ1) is 20.2. The van der Waals surface area contributed by atoms with E-state index < -0.39 is 0 Å². The molecule has 2 saturated carbocycles. The lowest BCUT2D eigenvalue weighted by molar-refractivity contribution is -0.140. The summed E-state index contributed by atoms with van der Waals surface area (Å²) < 4.78 is 0. The lowest BCUT2D eigenvalue weighted by Gasteiger charge is -2.37. The van der Waals surface area contributed by atoms with E-state index in [-0.39, 0.29) is 11.3 Å². The van der Waals surface area contributed by atoms with E-state index in [4.69, 9.17) is 0 Å². The van der Waals surface area contributed by atoms with Crippen molar-refractivity contribution in [3.8, 4) is 0 Å². The summed E-state index contributed by atoms with van der Waals surface area (Å²) in [7, 11) is 2.13. The van der Waals surface area contributed by atoms with Crippen LogP contribution in [0.15, 0.2) is 0 Å². The second-order valence-corrected chi connectivity index (χ2v) is 10.1. The molecule has 0 bridgehead atoms. The van der Waals surface area contributed by atoms with Crippen molar-refractivity contribution in [3.05, 3.63) is 0 Å². The minimum absolute atomic E-state index is 0.0389. The van der Waals surface area contributed by atoms with Crippen LogP contribution >= 0.6 is 0 Å². The predicted octanol–water partition coefficient (Wildman–Crippen LogP) is 3.14. The maximum absolute atomic E-state index is 13.4. The number of carbonyl (C=O) groups is 2. The van der Waals surface area contributed by atoms with Crippen LogP contribution in [0.4, 0.5) is 0 Å². The van der Waals surface area contributed by atoms with E-state index >= 15 is 0 Å². The topological polar surface area (TPSA) is 43.9 Å². The first-order valence-corrected chi connectivity index (χ1v) is 11.8. The molecule has 4 aliphatic rings. The molecule has 0 aromatic rings. The van der Waals surface area contributed by atoms with Crippen molar-refractivity contribution in [3.63, 3.8) is 0 Å². The smallest absolute Gasteiger partial charge is 0.228 e. The van der Waals surface area contributed by atoms with Gasteiger partial charge >= 0.3 is 0 Å². The fourth-order valence-corrected chi connectivity index (χ4v) is 6.29. The molecule has 5 heteroatoms. The Morgan fingerprint density at radius 1 is 0.893 bits per heavy atom. The van der Waals surface area contributed by atoms with E-state index in [1.165, 1.54) is 44.9 Å². The molecular formula is C23H39N3O2. The van der Waals surface area contributed by atoms with Crippen LogP contribution in [-0.4, -0.2) is 72.8 Å². The van der Waals surface area contributed by atoms with Gasteiger partial charge in [0.25, 0.3) is 0 Å². The first-order chi connectivity index (χ1) is 13.6. The highest BCUT2D eigenvalue weighted by Crippen LogP contribution is 2.50. The molecule has 0 aromatic heterocycles. The van der Waals surface area contributed by atoms with Gasteiger partial charge in [-0.15, -0.1) is 0 Å². The largest absolute Gasteiger partial charge is 0.341 e. The summed E-state index contributed by atoms with van der Waals surface area (Å²) in [5.41, 5.74) is 0.0704. The lowest BCUT2D eigenvalue weighted by Crippen LogP contribution is -2.51. The quantitative estimate of drug-likeness (QED) is 0.742. The third-order valence-corrected chi connectivity index (χ3v) is 8.20. The number of hydrogen-bond acceptors (Lipinski definition) is 3. The van der Waals surface area contributed by atoms with Gasteiger partial charge < -0.3 is 14.7 Å². The highest BCUT2D eigenvalue weighted by molar-refractivity contribution is 5.83. The number of carbonyl (C=O) groups excluding carboxylic acids is 2. The Kier molecular flexibility index (Phi) is 6.29. The minimum atomic E-state index is 0.0389. The number of amides is 2. The summed E-state index contributed by atoms with van der Waals surface area (Å²) in [6, 6.07) is 0. The monoisotopic (exact) mass is 389 g/mol. The van der Waals surface area contributed by atoms with Gasteiger partial charge in [-0.25, -0.2) is 0 Å². The number of rotatable bonds is 4. The van der Waals surface area contributed by atoms with Crippen molar-refractivity contribution in [2.45, 2.75) is 70.6 Å². The van der Waals surface area contributed by atoms with Gasteiger partial charge in [0.05, 0.1) is 5.92 Å². The maximum Gasteiger partial charge on any atom is 0.228 e. The van der Waals surface area contributed by atoms with E-state index in [2.05, 4.69) is 21.7 Å². The molecule has 0 N–H and O–H groups in total. The molecule has 28 heavy (non-hydrogen) atoms. The number of likely N-dealkylation sites (N-methyl/N-ethyl adjacent to an activating group) is 1. The summed E-state index contributed by atoms with van der Waals surface area (Å²) in [4.78, 5) is 32.9. The third-order valence-electron chi connectivity index (χ3n) is 8.20. The Bertz CT molecular complexity index is 558. The number of piperazine rings is 1. The molecule has 2 aliphatic carbocycles. The Hall–Kier alpha value is -1.10. The molecule has 4 fully saturated rings. The van der Waals surface area contributed by atoms with Crippen LogP contribution in [0.2, 0.25) is 0 Å². The fourth-order valence-electron chi connectivity index (χ4n) is 6.29. The van der Waals surface area contributed by atoms with Crippen LogP contribution in [0.25, 0.3) is 0 Å². The summed E-state index contributed by atoms with van der Waals surface area (Å²) in [5, 5.41) is 0. The highest BCUT2D eigenvalue weighted by atomic mass is 16.2. The molecule has 2 heterocycles. The molecule has 2 aliphatic heterocycles. The van der Waals surface area contributed by atoms with Crippen molar-refractivity contribution >= 4 is 11.8 Å². The van der Waals surface area contributed by atoms with E-state index in [9.17, 15) is 9.59 Å². The number of hydrogen-bond donors (Lipinski definition) is 0. The van der Waals surface area contributed by atoms with Crippen molar-refractivity contribution in [2.24, 2.45) is 17.3 Å². The molecule has 158 valence electrons. The SMILES string of the molecule is CN1CCN(C(=O)C2CN(C(=O)CCC3CCCCC3)CC23CCCC3)CC1. The second kappa shape index (κ2) is 8.73. The van der Waals surface area contributed by atoms with Gasteiger partial charge in [0.1, 0.15) is 0 Å². The zero-order valence-electron chi connectivity index (χ0n) is 17.8. The van der Waals surface area contributed by atoms with Crippen LogP contribution < -0.4 is 0 Å². The van der Waals surface area contributed by atoms with E-state index in [0.717, 1.165) is 57.9 Å². The van der Waals surface area contributed by atoms with Crippen LogP contribution in [0.1, 0.15) is 70.6 Å². The van der Waals surface area contributed by atoms with Gasteiger partial charge in [-0.1, -0.05) is 44.9 Å². The van der Waals surface area contributed by atoms with Gasteiger partial charge in [-0.2, -0.15) is 0 Å². The van der Waals surface area contributed by atoms with Gasteiger partial charge in [-0.3, -0.25) is 9.59 Å². The van der Waals surface area contributed by atoms with Crippen molar-refractivity contribution in [2.75, 3.05) is 46.3 Å². The standard InChI is InChI=1S/C23H39N3O2/c1-24-13-15-25(16-14-24)22(28)20-17-26(18-23(20)11-5-6-12-23)21(27)10-9-19-7-3-2-4-8-19/h19-20H,2-18H2,1H3. The van der Waals surface area contributed by atoms with Gasteiger partial charge in [0.15, 0.2) is 0 Å². The van der Waals surface area contributed by atoms with E-state index in [1.54, 1.807) is 0 Å². The number of likely N-dealkylation sites (tertiary alicyclic amines) is 1. The predicted molar refractivity (Wildman–Crippen MR) is 111 cm³/mol. The van der Waals surface area contributed by atoms with Crippen molar-refractivity contribution in [1.82, 2.24) is 14.7 Å². The molecule has 0 radical (unpaired) electrons. The zero-order valence-corrected chi connectivity index (χ0v) is 17.8. The second-order valence-electron chi connectivity index (χ2n) is 10.1. The Balaban J connectivity index is 1.37. The average molecular weight is 390 g/mol. The molecule has 5 nitrogen and oxygen atoms in total. The zero-order chi connectivity index (χ0) is 19.6. The Labute approximate surface area is 170 Å². The maximum atomic E-state index is 13.4. The molecule has 2 amide bonds. The van der Waals surface area contributed by atoms with Crippen LogP contribution in [0.3, 0.4) is 0 Å². The van der Waals surface area contributed by atoms with Crippen molar-refractivity contribution < 1.29 is 9.59 Å². The van der Waals surface area contributed by atoms with Crippen LogP contribution in [0, 0.1) is 17.3 Å². The first-order valence-electron chi connectivity index (χ1n) is 11.8. The summed E-state index contributed by atoms with van der Waals surface area (Å²) in [5.74, 6) is 1.43. The molecule has 1 atom stereocenters. The van der Waals surface area contributed by atoms with Crippen LogP contribution in [0.5, 0.6) is 0 Å². The summed E-state index contributed by atoms with van der Waals surface area (Å²) in [6.45, 7) is 5.13. The van der Waals surface area contributed by atoms with Gasteiger partial charge in [0.2, 0.25) is 11.8 Å². The Morgan fingerprint density at radius 3 is 2.25 bits per heavy atom. The molecule has 0 aromatic carbocycles. The third kappa shape index (κ3) is 4.24. The summed E-state index contributed by atoms with van der Waals surface area (Å²) in [6.07, 6.45) is 13.1. The highest BCUT2D eigenvalue weighted by Gasteiger charge is 2.53. The summed E-state index contributed by atoms with van der Waals surface area (Å²) >= 11 is 0. The minimum Gasteiger partial charge on any atom is -0.341 e. The average Bonchev–Trinajstić information content (AvgIpc) is 3.35. The van der Waals surface area contributed by atoms with E-state index in [0.29, 0.717) is 24.8 Å². The van der Waals surface area contributed by atoms with Crippen LogP contribution in [-0.2, 0) is 9.59 Å². The molecule has 4 rings (SSSR count). The van der Waals surface area contributed by atoms with Gasteiger partial charge in [-0.05, 0) is 32.2 Å². The normalized spacial score (nSPS) is 29.0. The molecule has 1 spiro atoms. The lowest BCUT2D eigenvalue weighted by atomic mass is 9.76. The Morgan fingerprint density at radius 2 is 1.57 bits per heavy atom. The van der Waals surface area contributed by atoms with Gasteiger partial charge in [0, 0.05) is 51.1 Å². The van der Waals surface area contributed by atoms with E-state index in [1.807, 2.05) is 0 Å².